The first-order chi connectivity index (χ1) is 12.9. The fourth-order valence-electron chi connectivity index (χ4n) is 3.71. The second kappa shape index (κ2) is 6.47. The molecule has 0 aliphatic carbocycles. The van der Waals surface area contributed by atoms with Crippen molar-refractivity contribution >= 4 is 26.6 Å². The molecule has 0 fully saturated rings. The van der Waals surface area contributed by atoms with Crippen molar-refractivity contribution in [1.82, 2.24) is 8.87 Å². The van der Waals surface area contributed by atoms with Gasteiger partial charge in [-0.25, -0.2) is 8.42 Å². The second-order valence-electron chi connectivity index (χ2n) is 6.77. The standard InChI is InChI=1S/C19H19N3O4S/c1-20(27(25,26)18-10-8-15(9-11-18)22(23)24)17-7-6-16-12-14-4-2-3-5-19(14)21(16)13-17/h2-5,8-12,17H,6-7,13H2,1H3. The van der Waals surface area contributed by atoms with E-state index in [1.54, 1.807) is 7.05 Å². The molecule has 2 heterocycles. The van der Waals surface area contributed by atoms with E-state index in [-0.39, 0.29) is 16.6 Å². The number of sulfonamides is 1. The Morgan fingerprint density at radius 1 is 1.15 bits per heavy atom. The van der Waals surface area contributed by atoms with Crippen LogP contribution in [0.15, 0.2) is 59.5 Å². The average molecular weight is 385 g/mol. The Balaban J connectivity index is 1.62. The number of aryl methyl sites for hydroxylation is 1. The van der Waals surface area contributed by atoms with Gasteiger partial charge in [-0.1, -0.05) is 18.2 Å². The second-order valence-corrected chi connectivity index (χ2v) is 8.77. The minimum Gasteiger partial charge on any atom is -0.343 e. The number of para-hydroxylation sites is 1. The Hall–Kier alpha value is -2.71. The lowest BCUT2D eigenvalue weighted by molar-refractivity contribution is -0.384. The lowest BCUT2D eigenvalue weighted by Gasteiger charge is -2.32. The summed E-state index contributed by atoms with van der Waals surface area (Å²) in [7, 11) is -2.14. The average Bonchev–Trinajstić information content (AvgIpc) is 3.05. The number of nitrogens with zero attached hydrogens (tertiary/aromatic N) is 3. The summed E-state index contributed by atoms with van der Waals surface area (Å²) in [6, 6.07) is 15.1. The molecule has 1 aromatic heterocycles. The predicted octanol–water partition coefficient (Wildman–Crippen LogP) is 3.19. The number of aromatic nitrogens is 1. The Kier molecular flexibility index (Phi) is 4.24. The molecule has 0 spiro atoms. The van der Waals surface area contributed by atoms with Crippen molar-refractivity contribution in [2.24, 2.45) is 0 Å². The molecule has 4 rings (SSSR count). The van der Waals surface area contributed by atoms with E-state index in [1.165, 1.54) is 34.3 Å². The van der Waals surface area contributed by atoms with E-state index in [1.807, 2.05) is 18.2 Å². The molecule has 0 saturated carbocycles. The molecule has 1 aliphatic rings. The molecule has 8 heteroatoms. The van der Waals surface area contributed by atoms with Gasteiger partial charge >= 0.3 is 0 Å². The summed E-state index contributed by atoms with van der Waals surface area (Å²) in [5.41, 5.74) is 2.20. The van der Waals surface area contributed by atoms with Gasteiger partial charge in [0, 0.05) is 43.0 Å². The normalized spacial score (nSPS) is 17.2. The summed E-state index contributed by atoms with van der Waals surface area (Å²) in [5, 5.41) is 11.9. The van der Waals surface area contributed by atoms with Gasteiger partial charge in [0.2, 0.25) is 10.0 Å². The highest BCUT2D eigenvalue weighted by Crippen LogP contribution is 2.29. The van der Waals surface area contributed by atoms with Crippen LogP contribution in [0.2, 0.25) is 0 Å². The summed E-state index contributed by atoms with van der Waals surface area (Å²) in [4.78, 5) is 10.3. The first-order valence-electron chi connectivity index (χ1n) is 8.67. The fourth-order valence-corrected chi connectivity index (χ4v) is 5.08. The molecule has 3 aromatic rings. The summed E-state index contributed by atoms with van der Waals surface area (Å²) in [5.74, 6) is 0. The van der Waals surface area contributed by atoms with E-state index >= 15 is 0 Å². The number of benzene rings is 2. The monoisotopic (exact) mass is 385 g/mol. The lowest BCUT2D eigenvalue weighted by Crippen LogP contribution is -2.42. The van der Waals surface area contributed by atoms with Gasteiger partial charge in [0.15, 0.2) is 0 Å². The van der Waals surface area contributed by atoms with Crippen molar-refractivity contribution in [3.8, 4) is 0 Å². The number of fused-ring (bicyclic) bond motifs is 3. The lowest BCUT2D eigenvalue weighted by atomic mass is 10.1. The summed E-state index contributed by atoms with van der Waals surface area (Å²) in [6.07, 6.45) is 1.54. The van der Waals surface area contributed by atoms with Crippen LogP contribution >= 0.6 is 0 Å². The molecule has 0 N–H and O–H groups in total. The molecule has 27 heavy (non-hydrogen) atoms. The smallest absolute Gasteiger partial charge is 0.269 e. The number of non-ortho nitro benzene ring substituents is 1. The van der Waals surface area contributed by atoms with E-state index in [9.17, 15) is 18.5 Å². The summed E-state index contributed by atoms with van der Waals surface area (Å²) >= 11 is 0. The van der Waals surface area contributed by atoms with Gasteiger partial charge in [-0.05, 0) is 42.5 Å². The number of nitro benzene ring substituents is 1. The highest BCUT2D eigenvalue weighted by molar-refractivity contribution is 7.89. The van der Waals surface area contributed by atoms with E-state index in [2.05, 4.69) is 16.7 Å². The summed E-state index contributed by atoms with van der Waals surface area (Å²) < 4.78 is 29.5. The highest BCUT2D eigenvalue weighted by Gasteiger charge is 2.31. The maximum Gasteiger partial charge on any atom is 0.269 e. The van der Waals surface area contributed by atoms with Crippen molar-refractivity contribution in [3.05, 3.63) is 70.4 Å². The van der Waals surface area contributed by atoms with Gasteiger partial charge in [-0.3, -0.25) is 10.1 Å². The van der Waals surface area contributed by atoms with E-state index in [0.717, 1.165) is 23.7 Å². The quantitative estimate of drug-likeness (QED) is 0.510. The number of likely N-dealkylation sites (N-methyl/N-ethyl adjacent to an activating group) is 1. The van der Waals surface area contributed by atoms with E-state index in [0.29, 0.717) is 6.54 Å². The van der Waals surface area contributed by atoms with E-state index < -0.39 is 14.9 Å². The van der Waals surface area contributed by atoms with Crippen molar-refractivity contribution in [1.29, 1.82) is 0 Å². The largest absolute Gasteiger partial charge is 0.343 e. The van der Waals surface area contributed by atoms with Crippen LogP contribution in [-0.2, 0) is 23.0 Å². The molecule has 0 radical (unpaired) electrons. The number of rotatable bonds is 4. The molecule has 140 valence electrons. The van der Waals surface area contributed by atoms with Crippen LogP contribution in [-0.4, -0.2) is 35.3 Å². The molecule has 2 aromatic carbocycles. The third kappa shape index (κ3) is 3.00. The molecule has 1 atom stereocenters. The Labute approximate surface area is 157 Å². The first kappa shape index (κ1) is 17.7. The van der Waals surface area contributed by atoms with E-state index in [4.69, 9.17) is 0 Å². The van der Waals surface area contributed by atoms with Crippen molar-refractivity contribution in [3.63, 3.8) is 0 Å². The van der Waals surface area contributed by atoms with Crippen LogP contribution < -0.4 is 0 Å². The molecular weight excluding hydrogens is 366 g/mol. The molecule has 1 unspecified atom stereocenters. The minimum absolute atomic E-state index is 0.0683. The Morgan fingerprint density at radius 2 is 1.85 bits per heavy atom. The van der Waals surface area contributed by atoms with Gasteiger partial charge in [0.05, 0.1) is 9.82 Å². The van der Waals surface area contributed by atoms with Gasteiger partial charge in [0.1, 0.15) is 0 Å². The van der Waals surface area contributed by atoms with Crippen LogP contribution in [0, 0.1) is 10.1 Å². The molecule has 0 bridgehead atoms. The zero-order valence-corrected chi connectivity index (χ0v) is 15.6. The number of hydrogen-bond acceptors (Lipinski definition) is 4. The topological polar surface area (TPSA) is 85.5 Å². The number of nitro groups is 1. The third-order valence-electron chi connectivity index (χ3n) is 5.26. The maximum atomic E-state index is 13.0. The molecule has 1 aliphatic heterocycles. The van der Waals surface area contributed by atoms with Crippen LogP contribution in [0.5, 0.6) is 0 Å². The minimum atomic E-state index is -3.72. The number of hydrogen-bond donors (Lipinski definition) is 0. The van der Waals surface area contributed by atoms with Crippen molar-refractivity contribution in [2.75, 3.05) is 7.05 Å². The van der Waals surface area contributed by atoms with Crippen LogP contribution in [0.25, 0.3) is 10.9 Å². The van der Waals surface area contributed by atoms with Gasteiger partial charge in [0.25, 0.3) is 5.69 Å². The van der Waals surface area contributed by atoms with Gasteiger partial charge < -0.3 is 4.57 Å². The SMILES string of the molecule is CN(C1CCc2cc3ccccc3n2C1)S(=O)(=O)c1ccc([N+](=O)[O-])cc1. The molecular formula is C19H19N3O4S. The summed E-state index contributed by atoms with van der Waals surface area (Å²) in [6.45, 7) is 0.589. The molecule has 0 saturated heterocycles. The first-order valence-corrected chi connectivity index (χ1v) is 10.1. The third-order valence-corrected chi connectivity index (χ3v) is 7.19. The molecule has 7 nitrogen and oxygen atoms in total. The van der Waals surface area contributed by atoms with Crippen molar-refractivity contribution < 1.29 is 13.3 Å². The van der Waals surface area contributed by atoms with Gasteiger partial charge in [-0.2, -0.15) is 4.31 Å². The van der Waals surface area contributed by atoms with Crippen LogP contribution in [0.1, 0.15) is 12.1 Å². The van der Waals surface area contributed by atoms with Crippen LogP contribution in [0.4, 0.5) is 5.69 Å². The zero-order valence-electron chi connectivity index (χ0n) is 14.8. The zero-order chi connectivity index (χ0) is 19.2. The van der Waals surface area contributed by atoms with Gasteiger partial charge in [-0.15, -0.1) is 0 Å². The highest BCUT2D eigenvalue weighted by atomic mass is 32.2. The van der Waals surface area contributed by atoms with Crippen molar-refractivity contribution in [2.45, 2.75) is 30.3 Å². The van der Waals surface area contributed by atoms with Crippen LogP contribution in [0.3, 0.4) is 0 Å². The maximum absolute atomic E-state index is 13.0. The Bertz CT molecular complexity index is 1120. The molecule has 0 amide bonds. The predicted molar refractivity (Wildman–Crippen MR) is 102 cm³/mol. The fraction of sp³-hybridized carbons (Fsp3) is 0.263. The Morgan fingerprint density at radius 3 is 2.56 bits per heavy atom.